The average molecular weight is 477 g/mol. The van der Waals surface area contributed by atoms with E-state index in [1.807, 2.05) is 58.8 Å². The van der Waals surface area contributed by atoms with E-state index in [-0.39, 0.29) is 31.2 Å². The topological polar surface area (TPSA) is 59.1 Å². The lowest BCUT2D eigenvalue weighted by atomic mass is 10.1. The molecule has 2 aliphatic rings. The van der Waals surface area contributed by atoms with Gasteiger partial charge in [-0.15, -0.1) is 11.3 Å². The lowest BCUT2D eigenvalue weighted by Crippen LogP contribution is -2.44. The van der Waals surface area contributed by atoms with Crippen LogP contribution in [-0.4, -0.2) is 41.0 Å². The van der Waals surface area contributed by atoms with Crippen LogP contribution in [-0.2, 0) is 29.1 Å². The molecule has 3 aromatic rings. The summed E-state index contributed by atoms with van der Waals surface area (Å²) in [7, 11) is 0. The van der Waals surface area contributed by atoms with Gasteiger partial charge in [-0.2, -0.15) is 0 Å². The van der Waals surface area contributed by atoms with E-state index in [1.54, 1.807) is 16.2 Å². The Morgan fingerprint density at radius 3 is 2.47 bits per heavy atom. The molecule has 6 nitrogen and oxygen atoms in total. The van der Waals surface area contributed by atoms with Crippen molar-refractivity contribution in [3.63, 3.8) is 0 Å². The van der Waals surface area contributed by atoms with Crippen molar-refractivity contribution in [2.45, 2.75) is 45.3 Å². The van der Waals surface area contributed by atoms with Crippen LogP contribution >= 0.6 is 11.3 Å². The molecule has 0 saturated heterocycles. The van der Waals surface area contributed by atoms with Crippen molar-refractivity contribution in [1.29, 1.82) is 0 Å². The van der Waals surface area contributed by atoms with Gasteiger partial charge in [0.2, 0.25) is 18.6 Å². The third kappa shape index (κ3) is 5.25. The number of hydrogen-bond donors (Lipinski definition) is 0. The van der Waals surface area contributed by atoms with Gasteiger partial charge in [0.05, 0.1) is 13.0 Å². The van der Waals surface area contributed by atoms with Crippen molar-refractivity contribution in [1.82, 2.24) is 9.80 Å². The Morgan fingerprint density at radius 2 is 1.74 bits per heavy atom. The van der Waals surface area contributed by atoms with Gasteiger partial charge < -0.3 is 19.3 Å². The van der Waals surface area contributed by atoms with Gasteiger partial charge in [0, 0.05) is 17.5 Å². The van der Waals surface area contributed by atoms with Gasteiger partial charge in [-0.1, -0.05) is 36.4 Å². The molecule has 5 rings (SSSR count). The SMILES string of the molecule is Cc1ccsc1CN(Cc1ccc2c(c1)OCO2)C(=O)CN(C(=O)Cc1ccccc1)C1CC1. The zero-order valence-corrected chi connectivity index (χ0v) is 20.1. The summed E-state index contributed by atoms with van der Waals surface area (Å²) >= 11 is 1.65. The van der Waals surface area contributed by atoms with E-state index in [2.05, 4.69) is 13.0 Å². The maximum absolute atomic E-state index is 13.6. The van der Waals surface area contributed by atoms with Crippen LogP contribution in [0.3, 0.4) is 0 Å². The lowest BCUT2D eigenvalue weighted by Gasteiger charge is -2.28. The number of thiophene rings is 1. The van der Waals surface area contributed by atoms with Crippen molar-refractivity contribution in [2.75, 3.05) is 13.3 Å². The molecule has 1 aromatic heterocycles. The van der Waals surface area contributed by atoms with Crippen LogP contribution in [0.5, 0.6) is 11.5 Å². The third-order valence-electron chi connectivity index (χ3n) is 6.28. The summed E-state index contributed by atoms with van der Waals surface area (Å²) in [6.45, 7) is 3.34. The fraction of sp³-hybridized carbons (Fsp3) is 0.333. The first-order chi connectivity index (χ1) is 16.6. The molecular weight excluding hydrogens is 448 g/mol. The largest absolute Gasteiger partial charge is 0.454 e. The summed E-state index contributed by atoms with van der Waals surface area (Å²) in [6, 6.07) is 17.7. The minimum atomic E-state index is -0.0428. The van der Waals surface area contributed by atoms with Crippen LogP contribution < -0.4 is 9.47 Å². The molecule has 1 aliphatic carbocycles. The van der Waals surface area contributed by atoms with Crippen LogP contribution in [0.25, 0.3) is 0 Å². The molecule has 0 N–H and O–H groups in total. The van der Waals surface area contributed by atoms with E-state index in [1.165, 1.54) is 5.56 Å². The molecule has 2 aromatic carbocycles. The minimum Gasteiger partial charge on any atom is -0.454 e. The smallest absolute Gasteiger partial charge is 0.242 e. The van der Waals surface area contributed by atoms with Crippen molar-refractivity contribution < 1.29 is 19.1 Å². The van der Waals surface area contributed by atoms with E-state index in [0.717, 1.165) is 34.6 Å². The van der Waals surface area contributed by atoms with Crippen LogP contribution in [0.2, 0.25) is 0 Å². The second kappa shape index (κ2) is 9.89. The molecule has 1 saturated carbocycles. The highest BCUT2D eigenvalue weighted by molar-refractivity contribution is 7.10. The maximum atomic E-state index is 13.6. The third-order valence-corrected chi connectivity index (χ3v) is 7.29. The Labute approximate surface area is 203 Å². The summed E-state index contributed by atoms with van der Waals surface area (Å²) in [5.74, 6) is 1.40. The van der Waals surface area contributed by atoms with E-state index in [0.29, 0.717) is 25.3 Å². The van der Waals surface area contributed by atoms with E-state index < -0.39 is 0 Å². The van der Waals surface area contributed by atoms with Gasteiger partial charge in [0.15, 0.2) is 11.5 Å². The Kier molecular flexibility index (Phi) is 6.54. The van der Waals surface area contributed by atoms with Crippen LogP contribution in [0.15, 0.2) is 60.0 Å². The van der Waals surface area contributed by atoms with Crippen molar-refractivity contribution in [3.05, 3.63) is 81.5 Å². The molecular formula is C27H28N2O4S. The molecule has 0 bridgehead atoms. The second-order valence-electron chi connectivity index (χ2n) is 8.88. The summed E-state index contributed by atoms with van der Waals surface area (Å²) in [5, 5.41) is 2.05. The molecule has 2 amide bonds. The number of fused-ring (bicyclic) bond motifs is 1. The quantitative estimate of drug-likeness (QED) is 0.455. The van der Waals surface area contributed by atoms with Crippen molar-refractivity contribution in [2.24, 2.45) is 0 Å². The summed E-state index contributed by atoms with van der Waals surface area (Å²) in [4.78, 5) is 31.5. The molecule has 7 heteroatoms. The number of rotatable bonds is 9. The molecule has 34 heavy (non-hydrogen) atoms. The molecule has 2 heterocycles. The number of carbonyl (C=O) groups is 2. The van der Waals surface area contributed by atoms with Crippen LogP contribution in [0, 0.1) is 6.92 Å². The van der Waals surface area contributed by atoms with E-state index in [9.17, 15) is 9.59 Å². The number of aryl methyl sites for hydroxylation is 1. The van der Waals surface area contributed by atoms with Crippen molar-refractivity contribution >= 4 is 23.2 Å². The Hall–Kier alpha value is -3.32. The zero-order valence-electron chi connectivity index (χ0n) is 19.2. The predicted molar refractivity (Wildman–Crippen MR) is 131 cm³/mol. The molecule has 0 spiro atoms. The molecule has 1 fully saturated rings. The highest BCUT2D eigenvalue weighted by atomic mass is 32.1. The van der Waals surface area contributed by atoms with E-state index >= 15 is 0 Å². The maximum Gasteiger partial charge on any atom is 0.242 e. The standard InChI is InChI=1S/C27H28N2O4S/c1-19-11-12-34-25(19)16-28(15-21-7-10-23-24(13-21)33-18-32-23)27(31)17-29(22-8-9-22)26(30)14-20-5-3-2-4-6-20/h2-7,10-13,22H,8-9,14-18H2,1H3. The fourth-order valence-electron chi connectivity index (χ4n) is 4.16. The number of amides is 2. The van der Waals surface area contributed by atoms with E-state index in [4.69, 9.17) is 9.47 Å². The first-order valence-electron chi connectivity index (χ1n) is 11.6. The molecule has 0 radical (unpaired) electrons. The summed E-state index contributed by atoms with van der Waals surface area (Å²) in [5.41, 5.74) is 3.12. The summed E-state index contributed by atoms with van der Waals surface area (Å²) < 4.78 is 10.9. The summed E-state index contributed by atoms with van der Waals surface area (Å²) in [6.07, 6.45) is 2.23. The fourth-order valence-corrected chi connectivity index (χ4v) is 5.08. The second-order valence-corrected chi connectivity index (χ2v) is 9.88. The number of benzene rings is 2. The minimum absolute atomic E-state index is 0.0115. The van der Waals surface area contributed by atoms with Gasteiger partial charge in [0.25, 0.3) is 0 Å². The van der Waals surface area contributed by atoms with Gasteiger partial charge in [-0.05, 0) is 60.0 Å². The first kappa shape index (κ1) is 22.5. The normalized spacial score (nSPS) is 14.1. The molecule has 176 valence electrons. The number of hydrogen-bond acceptors (Lipinski definition) is 5. The highest BCUT2D eigenvalue weighted by Gasteiger charge is 2.34. The molecule has 1 aliphatic heterocycles. The predicted octanol–water partition coefficient (Wildman–Crippen LogP) is 4.55. The Bertz CT molecular complexity index is 1170. The number of ether oxygens (including phenoxy) is 2. The van der Waals surface area contributed by atoms with Crippen molar-refractivity contribution in [3.8, 4) is 11.5 Å². The Balaban J connectivity index is 1.33. The number of nitrogens with zero attached hydrogens (tertiary/aromatic N) is 2. The lowest BCUT2D eigenvalue weighted by molar-refractivity contribution is -0.141. The zero-order chi connectivity index (χ0) is 23.5. The van der Waals surface area contributed by atoms with Gasteiger partial charge in [-0.3, -0.25) is 9.59 Å². The molecule has 0 atom stereocenters. The highest BCUT2D eigenvalue weighted by Crippen LogP contribution is 2.33. The number of carbonyl (C=O) groups excluding carboxylic acids is 2. The Morgan fingerprint density at radius 1 is 0.941 bits per heavy atom. The first-order valence-corrected chi connectivity index (χ1v) is 12.5. The van der Waals surface area contributed by atoms with Gasteiger partial charge >= 0.3 is 0 Å². The van der Waals surface area contributed by atoms with Crippen LogP contribution in [0.4, 0.5) is 0 Å². The average Bonchev–Trinajstić information content (AvgIpc) is 3.43. The van der Waals surface area contributed by atoms with Gasteiger partial charge in [-0.25, -0.2) is 0 Å². The van der Waals surface area contributed by atoms with Crippen LogP contribution in [0.1, 0.15) is 34.4 Å². The monoisotopic (exact) mass is 476 g/mol. The van der Waals surface area contributed by atoms with Gasteiger partial charge in [0.1, 0.15) is 6.54 Å². The molecule has 0 unspecified atom stereocenters.